The minimum atomic E-state index is 0.776. The van der Waals surface area contributed by atoms with Gasteiger partial charge in [0.2, 0.25) is 0 Å². The molecule has 2 aliphatic heterocycles. The lowest BCUT2D eigenvalue weighted by atomic mass is 10.2. The Balaban J connectivity index is 1.78. The normalized spacial score (nSPS) is 25.7. The molecule has 0 spiro atoms. The van der Waals surface area contributed by atoms with Crippen LogP contribution in [0.2, 0.25) is 0 Å². The third-order valence-corrected chi connectivity index (χ3v) is 4.03. The summed E-state index contributed by atoms with van der Waals surface area (Å²) < 4.78 is 0. The summed E-state index contributed by atoms with van der Waals surface area (Å²) in [5.41, 5.74) is 2.56. The summed E-state index contributed by atoms with van der Waals surface area (Å²) in [6.07, 6.45) is 7.98. The molecule has 0 amide bonds. The number of aromatic nitrogens is 1. The van der Waals surface area contributed by atoms with E-state index in [-0.39, 0.29) is 0 Å². The van der Waals surface area contributed by atoms with Crippen LogP contribution < -0.4 is 4.90 Å². The predicted octanol–water partition coefficient (Wildman–Crippen LogP) is 2.06. The van der Waals surface area contributed by atoms with E-state index >= 15 is 0 Å². The van der Waals surface area contributed by atoms with Crippen molar-refractivity contribution >= 4 is 5.69 Å². The molecule has 0 aliphatic carbocycles. The van der Waals surface area contributed by atoms with E-state index in [1.54, 1.807) is 0 Å². The van der Waals surface area contributed by atoms with Gasteiger partial charge >= 0.3 is 0 Å². The van der Waals surface area contributed by atoms with Gasteiger partial charge in [-0.05, 0) is 44.4 Å². The molecule has 0 aromatic carbocycles. The molecule has 2 saturated heterocycles. The van der Waals surface area contributed by atoms with Crippen molar-refractivity contribution in [2.45, 2.75) is 32.2 Å². The molecule has 3 heteroatoms. The lowest BCUT2D eigenvalue weighted by molar-refractivity contribution is 0.273. The number of hydrogen-bond acceptors (Lipinski definition) is 3. The van der Waals surface area contributed by atoms with Gasteiger partial charge in [-0.1, -0.05) is 0 Å². The molecule has 1 aromatic heterocycles. The quantitative estimate of drug-likeness (QED) is 0.737. The first kappa shape index (κ1) is 11.0. The molecular weight excluding hydrogens is 210 g/mol. The minimum absolute atomic E-state index is 0.776. The Labute approximate surface area is 103 Å². The molecule has 1 aromatic rings. The Bertz CT molecular complexity index is 391. The highest BCUT2D eigenvalue weighted by atomic mass is 15.3. The molecule has 3 rings (SSSR count). The summed E-state index contributed by atoms with van der Waals surface area (Å²) in [6, 6.07) is 3.04. The summed E-state index contributed by atoms with van der Waals surface area (Å²) in [7, 11) is 0. The van der Waals surface area contributed by atoms with Crippen molar-refractivity contribution in [2.75, 3.05) is 31.1 Å². The van der Waals surface area contributed by atoms with Crippen LogP contribution in [0.1, 0.15) is 24.8 Å². The molecule has 2 fully saturated rings. The van der Waals surface area contributed by atoms with Gasteiger partial charge in [-0.15, -0.1) is 0 Å². The third-order valence-electron chi connectivity index (χ3n) is 4.03. The van der Waals surface area contributed by atoms with E-state index in [4.69, 9.17) is 0 Å². The topological polar surface area (TPSA) is 19.4 Å². The molecule has 0 N–H and O–H groups in total. The number of fused-ring (bicyclic) bond motifs is 1. The van der Waals surface area contributed by atoms with Gasteiger partial charge in [0.15, 0.2) is 0 Å². The van der Waals surface area contributed by atoms with Crippen molar-refractivity contribution in [1.82, 2.24) is 9.88 Å². The van der Waals surface area contributed by atoms with Crippen LogP contribution in [0.3, 0.4) is 0 Å². The fourth-order valence-corrected chi connectivity index (χ4v) is 3.15. The van der Waals surface area contributed by atoms with Crippen LogP contribution >= 0.6 is 0 Å². The van der Waals surface area contributed by atoms with Crippen LogP contribution in [0.4, 0.5) is 5.69 Å². The van der Waals surface area contributed by atoms with Crippen LogP contribution in [0, 0.1) is 6.92 Å². The molecule has 0 radical (unpaired) electrons. The fourth-order valence-electron chi connectivity index (χ4n) is 3.15. The Morgan fingerprint density at radius 1 is 1.18 bits per heavy atom. The van der Waals surface area contributed by atoms with Gasteiger partial charge in [-0.3, -0.25) is 9.88 Å². The summed E-state index contributed by atoms with van der Waals surface area (Å²) >= 11 is 0. The van der Waals surface area contributed by atoms with Crippen molar-refractivity contribution in [3.63, 3.8) is 0 Å². The zero-order chi connectivity index (χ0) is 11.7. The SMILES string of the molecule is Cc1cncc(N2CCCN3CCCC3C2)c1. The zero-order valence-corrected chi connectivity index (χ0v) is 10.6. The molecular formula is C14H21N3. The van der Waals surface area contributed by atoms with E-state index in [0.29, 0.717) is 0 Å². The zero-order valence-electron chi connectivity index (χ0n) is 10.6. The van der Waals surface area contributed by atoms with E-state index in [0.717, 1.165) is 6.04 Å². The number of nitrogens with zero attached hydrogens (tertiary/aromatic N) is 3. The first-order chi connectivity index (χ1) is 8.33. The standard InChI is InChI=1S/C14H21N3/c1-12-8-14(10-15-9-12)17-7-3-6-16-5-2-4-13(16)11-17/h8-10,13H,2-7,11H2,1H3. The summed E-state index contributed by atoms with van der Waals surface area (Å²) in [5.74, 6) is 0. The van der Waals surface area contributed by atoms with Crippen LogP contribution in [-0.2, 0) is 0 Å². The maximum absolute atomic E-state index is 4.32. The Kier molecular flexibility index (Phi) is 3.02. The Morgan fingerprint density at radius 3 is 2.94 bits per heavy atom. The van der Waals surface area contributed by atoms with E-state index in [2.05, 4.69) is 27.8 Å². The van der Waals surface area contributed by atoms with Gasteiger partial charge in [-0.25, -0.2) is 0 Å². The van der Waals surface area contributed by atoms with Gasteiger partial charge in [0.25, 0.3) is 0 Å². The summed E-state index contributed by atoms with van der Waals surface area (Å²) in [6.45, 7) is 7.07. The monoisotopic (exact) mass is 231 g/mol. The second kappa shape index (κ2) is 4.65. The molecule has 3 heterocycles. The lowest BCUT2D eigenvalue weighted by Crippen LogP contribution is -2.36. The molecule has 1 unspecified atom stereocenters. The predicted molar refractivity (Wildman–Crippen MR) is 70.4 cm³/mol. The Hall–Kier alpha value is -1.09. The Morgan fingerprint density at radius 2 is 2.06 bits per heavy atom. The highest BCUT2D eigenvalue weighted by Gasteiger charge is 2.28. The van der Waals surface area contributed by atoms with Gasteiger partial charge in [0, 0.05) is 31.9 Å². The lowest BCUT2D eigenvalue weighted by Gasteiger charge is -2.27. The van der Waals surface area contributed by atoms with E-state index in [1.807, 2.05) is 12.4 Å². The molecule has 0 saturated carbocycles. The molecule has 3 nitrogen and oxygen atoms in total. The minimum Gasteiger partial charge on any atom is -0.369 e. The summed E-state index contributed by atoms with van der Waals surface area (Å²) in [4.78, 5) is 9.51. The average Bonchev–Trinajstić information content (AvgIpc) is 2.66. The molecule has 92 valence electrons. The maximum Gasteiger partial charge on any atom is 0.0555 e. The first-order valence-corrected chi connectivity index (χ1v) is 6.73. The van der Waals surface area contributed by atoms with Gasteiger partial charge in [0.05, 0.1) is 11.9 Å². The van der Waals surface area contributed by atoms with Crippen LogP contribution in [-0.4, -0.2) is 42.1 Å². The maximum atomic E-state index is 4.32. The number of pyridine rings is 1. The van der Waals surface area contributed by atoms with Crippen molar-refractivity contribution in [1.29, 1.82) is 0 Å². The van der Waals surface area contributed by atoms with Crippen molar-refractivity contribution < 1.29 is 0 Å². The van der Waals surface area contributed by atoms with Gasteiger partial charge in [-0.2, -0.15) is 0 Å². The van der Waals surface area contributed by atoms with Crippen LogP contribution in [0.5, 0.6) is 0 Å². The molecule has 1 atom stereocenters. The molecule has 17 heavy (non-hydrogen) atoms. The van der Waals surface area contributed by atoms with Gasteiger partial charge in [0.1, 0.15) is 0 Å². The van der Waals surface area contributed by atoms with Crippen LogP contribution in [0.25, 0.3) is 0 Å². The third kappa shape index (κ3) is 2.29. The smallest absolute Gasteiger partial charge is 0.0555 e. The number of aryl methyl sites for hydroxylation is 1. The van der Waals surface area contributed by atoms with E-state index in [1.165, 1.54) is 56.7 Å². The van der Waals surface area contributed by atoms with Crippen LogP contribution in [0.15, 0.2) is 18.5 Å². The second-order valence-electron chi connectivity index (χ2n) is 5.35. The van der Waals surface area contributed by atoms with Crippen molar-refractivity contribution in [2.24, 2.45) is 0 Å². The number of hydrogen-bond donors (Lipinski definition) is 0. The molecule has 0 bridgehead atoms. The van der Waals surface area contributed by atoms with Crippen molar-refractivity contribution in [3.05, 3.63) is 24.0 Å². The number of rotatable bonds is 1. The highest BCUT2D eigenvalue weighted by molar-refractivity contribution is 5.46. The first-order valence-electron chi connectivity index (χ1n) is 6.73. The summed E-state index contributed by atoms with van der Waals surface area (Å²) in [5, 5.41) is 0. The average molecular weight is 231 g/mol. The molecule has 2 aliphatic rings. The second-order valence-corrected chi connectivity index (χ2v) is 5.35. The van der Waals surface area contributed by atoms with Crippen molar-refractivity contribution in [3.8, 4) is 0 Å². The number of anilines is 1. The van der Waals surface area contributed by atoms with E-state index < -0.39 is 0 Å². The highest BCUT2D eigenvalue weighted by Crippen LogP contribution is 2.24. The van der Waals surface area contributed by atoms with Gasteiger partial charge < -0.3 is 4.90 Å². The largest absolute Gasteiger partial charge is 0.369 e. The fraction of sp³-hybridized carbons (Fsp3) is 0.643. The van der Waals surface area contributed by atoms with E-state index in [9.17, 15) is 0 Å².